The molecule has 0 radical (unpaired) electrons. The van der Waals surface area contributed by atoms with Crippen LogP contribution in [-0.2, 0) is 81.0 Å². The molecule has 3 rings (SSSR count). The van der Waals surface area contributed by atoms with Crippen molar-refractivity contribution in [1.82, 2.24) is 0 Å². The quantitative estimate of drug-likeness (QED) is 0.234. The Morgan fingerprint density at radius 3 is 1.49 bits per heavy atom. The first-order valence-corrected chi connectivity index (χ1v) is 15.0. The fraction of sp³-hybridized carbons (Fsp3) is 0.677. The second kappa shape index (κ2) is 13.7. The molecule has 0 aromatic heterocycles. The summed E-state index contributed by atoms with van der Waals surface area (Å²) in [5.41, 5.74) is -10.2. The number of carbonyl (C=O) groups excluding carboxylic acids is 8. The van der Waals surface area contributed by atoms with Crippen molar-refractivity contribution in [3.63, 3.8) is 0 Å². The number of carbonyl (C=O) groups is 8. The van der Waals surface area contributed by atoms with Crippen LogP contribution in [0.4, 0.5) is 0 Å². The summed E-state index contributed by atoms with van der Waals surface area (Å²) in [6.45, 7) is 8.35. The van der Waals surface area contributed by atoms with Gasteiger partial charge in [-0.05, 0) is 13.8 Å². The maximum Gasteiger partial charge on any atom is 0.307 e. The van der Waals surface area contributed by atoms with Crippen LogP contribution in [0.15, 0.2) is 11.5 Å². The molecule has 2 fully saturated rings. The Balaban J connectivity index is 2.78. The van der Waals surface area contributed by atoms with E-state index >= 15 is 0 Å². The molecule has 9 atom stereocenters. The summed E-state index contributed by atoms with van der Waals surface area (Å²) in [5, 5.41) is 12.9. The molecule has 272 valence electrons. The first-order valence-electron chi connectivity index (χ1n) is 15.0. The summed E-state index contributed by atoms with van der Waals surface area (Å²) in [7, 11) is 0. The van der Waals surface area contributed by atoms with E-state index in [0.717, 1.165) is 62.3 Å². The monoisotopic (exact) mass is 700 g/mol. The van der Waals surface area contributed by atoms with Gasteiger partial charge in [0.25, 0.3) is 0 Å². The molecule has 1 unspecified atom stereocenters. The zero-order chi connectivity index (χ0) is 37.4. The van der Waals surface area contributed by atoms with Gasteiger partial charge in [-0.1, -0.05) is 0 Å². The van der Waals surface area contributed by atoms with E-state index in [0.29, 0.717) is 0 Å². The lowest BCUT2D eigenvalue weighted by molar-refractivity contribution is -0.361. The highest BCUT2D eigenvalue weighted by atomic mass is 16.7. The summed E-state index contributed by atoms with van der Waals surface area (Å²) in [6.07, 6.45) is -8.07. The van der Waals surface area contributed by atoms with Crippen molar-refractivity contribution in [2.45, 2.75) is 110 Å². The van der Waals surface area contributed by atoms with Crippen molar-refractivity contribution in [3.8, 4) is 0 Å². The summed E-state index contributed by atoms with van der Waals surface area (Å²) in [5.74, 6) is -11.1. The van der Waals surface area contributed by atoms with E-state index in [1.165, 1.54) is 6.92 Å². The number of aliphatic hydroxyl groups is 1. The van der Waals surface area contributed by atoms with Gasteiger partial charge in [0.05, 0.1) is 5.92 Å². The zero-order valence-corrected chi connectivity index (χ0v) is 28.7. The zero-order valence-electron chi connectivity index (χ0n) is 28.7. The van der Waals surface area contributed by atoms with Crippen LogP contribution in [-0.4, -0.2) is 107 Å². The number of hydrogen-bond acceptors (Lipinski definition) is 18. The van der Waals surface area contributed by atoms with Crippen LogP contribution in [0.1, 0.15) is 69.2 Å². The number of ether oxygens (including phenoxy) is 9. The van der Waals surface area contributed by atoms with E-state index in [1.807, 2.05) is 0 Å². The molecule has 49 heavy (non-hydrogen) atoms. The smallest absolute Gasteiger partial charge is 0.307 e. The fourth-order valence-electron chi connectivity index (χ4n) is 7.22. The Bertz CT molecular complexity index is 1480. The molecule has 1 heterocycles. The summed E-state index contributed by atoms with van der Waals surface area (Å²) >= 11 is 0. The van der Waals surface area contributed by atoms with E-state index in [4.69, 9.17) is 42.6 Å². The number of rotatable bonds is 10. The minimum absolute atomic E-state index is 0.607. The SMILES string of the molecule is CC(=O)OCC1(C)O[C@]23[C@@H](OC(C)=O)[C@H]1C(OC(C)=O)=C(OC(C)=O)[C@]2(COC(C)=O)[C@@H](OC(C)=O)[C@@H](OC(C)=O)[C@H](OC(C)=O)[C@]3(C)O. The van der Waals surface area contributed by atoms with Crippen LogP contribution in [0.5, 0.6) is 0 Å². The van der Waals surface area contributed by atoms with Crippen molar-refractivity contribution in [2.24, 2.45) is 11.3 Å². The lowest BCUT2D eigenvalue weighted by Gasteiger charge is -2.65. The van der Waals surface area contributed by atoms with Crippen LogP contribution in [0.2, 0.25) is 0 Å². The highest BCUT2D eigenvalue weighted by Gasteiger charge is 2.90. The molecule has 1 saturated heterocycles. The molecule has 0 amide bonds. The average molecular weight is 701 g/mol. The Labute approximate surface area is 280 Å². The molecule has 3 aliphatic rings. The normalized spacial score (nSPS) is 34.4. The van der Waals surface area contributed by atoms with Gasteiger partial charge in [-0.3, -0.25) is 38.4 Å². The molecule has 0 aromatic carbocycles. The van der Waals surface area contributed by atoms with Crippen LogP contribution >= 0.6 is 0 Å². The lowest BCUT2D eigenvalue weighted by Crippen LogP contribution is -2.85. The van der Waals surface area contributed by atoms with Gasteiger partial charge >= 0.3 is 47.8 Å². The minimum atomic E-state index is -2.78. The predicted octanol–water partition coefficient (Wildman–Crippen LogP) is 0.0857. The van der Waals surface area contributed by atoms with Gasteiger partial charge in [0.2, 0.25) is 0 Å². The molecule has 18 heteroatoms. The molecule has 1 aliphatic heterocycles. The van der Waals surface area contributed by atoms with Crippen LogP contribution in [0.25, 0.3) is 0 Å². The first kappa shape index (κ1) is 38.9. The van der Waals surface area contributed by atoms with Crippen LogP contribution in [0.3, 0.4) is 0 Å². The van der Waals surface area contributed by atoms with E-state index in [9.17, 15) is 43.5 Å². The molecule has 2 bridgehead atoms. The number of esters is 8. The molecule has 2 aliphatic carbocycles. The van der Waals surface area contributed by atoms with E-state index in [2.05, 4.69) is 0 Å². The Morgan fingerprint density at radius 2 is 1.04 bits per heavy atom. The standard InChI is InChI=1S/C31H40O18/c1-13(32)41-11-28(9)21-22(43-15(3)34)26(47-19(7)38)30(12-42-14(2)33)27(48-20(8)39)23(44-16(4)35)25(46-18(6)37)29(10,40)31(30,49-28)24(21)45-17(5)36/h21,23-25,27,40H,11-12H2,1-10H3/t21-,23+,24+,25+,27+,28?,29+,30-,31+/m1/s1. The van der Waals surface area contributed by atoms with Gasteiger partial charge in [0.1, 0.15) is 35.9 Å². The average Bonchev–Trinajstić information content (AvgIpc) is 3.14. The van der Waals surface area contributed by atoms with Crippen LogP contribution in [0, 0.1) is 11.3 Å². The number of fused-ring (bicyclic) bond motifs is 1. The molecule has 1 saturated carbocycles. The van der Waals surface area contributed by atoms with E-state index < -0.39 is 125 Å². The molecular weight excluding hydrogens is 660 g/mol. The first-order chi connectivity index (χ1) is 22.5. The fourth-order valence-corrected chi connectivity index (χ4v) is 7.22. The topological polar surface area (TPSA) is 240 Å². The Kier molecular flexibility index (Phi) is 10.9. The highest BCUT2D eigenvalue weighted by Crippen LogP contribution is 2.70. The Hall–Kier alpha value is -4.58. The minimum Gasteiger partial charge on any atom is -0.465 e. The molecular formula is C31H40O18. The third-order valence-corrected chi connectivity index (χ3v) is 8.46. The second-order valence-corrected chi connectivity index (χ2v) is 12.4. The van der Waals surface area contributed by atoms with Gasteiger partial charge < -0.3 is 47.7 Å². The van der Waals surface area contributed by atoms with Crippen molar-refractivity contribution >= 4 is 47.8 Å². The lowest BCUT2D eigenvalue weighted by atomic mass is 9.47. The number of hydrogen-bond donors (Lipinski definition) is 1. The van der Waals surface area contributed by atoms with Crippen molar-refractivity contribution in [3.05, 3.63) is 11.5 Å². The largest absolute Gasteiger partial charge is 0.465 e. The van der Waals surface area contributed by atoms with Crippen molar-refractivity contribution in [2.75, 3.05) is 13.2 Å². The van der Waals surface area contributed by atoms with E-state index in [1.54, 1.807) is 0 Å². The van der Waals surface area contributed by atoms with Gasteiger partial charge in [0.15, 0.2) is 35.4 Å². The predicted molar refractivity (Wildman–Crippen MR) is 155 cm³/mol. The van der Waals surface area contributed by atoms with E-state index in [-0.39, 0.29) is 0 Å². The molecule has 1 spiro atoms. The highest BCUT2D eigenvalue weighted by molar-refractivity contribution is 5.73. The van der Waals surface area contributed by atoms with Gasteiger partial charge in [-0.2, -0.15) is 0 Å². The molecule has 18 nitrogen and oxygen atoms in total. The summed E-state index contributed by atoms with van der Waals surface area (Å²) in [4.78, 5) is 101. The maximum atomic E-state index is 12.9. The van der Waals surface area contributed by atoms with Gasteiger partial charge in [0, 0.05) is 55.4 Å². The van der Waals surface area contributed by atoms with Gasteiger partial charge in [-0.15, -0.1) is 0 Å². The second-order valence-electron chi connectivity index (χ2n) is 12.4. The Morgan fingerprint density at radius 1 is 0.592 bits per heavy atom. The van der Waals surface area contributed by atoms with Crippen molar-refractivity contribution < 1.29 is 86.1 Å². The third kappa shape index (κ3) is 6.70. The van der Waals surface area contributed by atoms with Crippen LogP contribution < -0.4 is 0 Å². The molecule has 1 N–H and O–H groups in total. The van der Waals surface area contributed by atoms with Gasteiger partial charge in [-0.25, -0.2) is 0 Å². The molecule has 0 aromatic rings. The summed E-state index contributed by atoms with van der Waals surface area (Å²) in [6, 6.07) is 0. The van der Waals surface area contributed by atoms with Crippen molar-refractivity contribution in [1.29, 1.82) is 0 Å². The third-order valence-electron chi connectivity index (χ3n) is 8.46. The maximum absolute atomic E-state index is 12.9. The summed E-state index contributed by atoms with van der Waals surface area (Å²) < 4.78 is 51.6.